The van der Waals surface area contributed by atoms with Crippen molar-refractivity contribution in [1.82, 2.24) is 5.32 Å². The molecule has 0 aromatic heterocycles. The van der Waals surface area contributed by atoms with E-state index in [4.69, 9.17) is 14.2 Å². The summed E-state index contributed by atoms with van der Waals surface area (Å²) >= 11 is 0. The maximum atomic E-state index is 13.1. The zero-order valence-corrected chi connectivity index (χ0v) is 19.7. The highest BCUT2D eigenvalue weighted by Crippen LogP contribution is 2.34. The minimum absolute atomic E-state index is 0.00291. The number of benzene rings is 3. The second kappa shape index (κ2) is 10.9. The van der Waals surface area contributed by atoms with E-state index in [0.717, 1.165) is 0 Å². The number of amides is 1. The first-order chi connectivity index (χ1) is 16.3. The van der Waals surface area contributed by atoms with Crippen LogP contribution in [0.3, 0.4) is 0 Å². The van der Waals surface area contributed by atoms with Gasteiger partial charge in [0.05, 0.1) is 37.0 Å². The molecule has 3 aromatic carbocycles. The molecule has 1 amide bonds. The highest BCUT2D eigenvalue weighted by atomic mass is 32.2. The van der Waals surface area contributed by atoms with Gasteiger partial charge in [0, 0.05) is 12.6 Å². The molecular formula is C24H25FN2O6S. The number of ether oxygens (including phenoxy) is 3. The Morgan fingerprint density at radius 2 is 1.56 bits per heavy atom. The van der Waals surface area contributed by atoms with Gasteiger partial charge in [-0.15, -0.1) is 0 Å². The number of carbonyl (C=O) groups excluding carboxylic acids is 1. The van der Waals surface area contributed by atoms with Crippen LogP contribution in [-0.2, 0) is 16.6 Å². The van der Waals surface area contributed by atoms with Crippen LogP contribution in [0, 0.1) is 5.82 Å². The van der Waals surface area contributed by atoms with Gasteiger partial charge in [-0.05, 0) is 55.0 Å². The lowest BCUT2D eigenvalue weighted by atomic mass is 10.1. The SMILES string of the molecule is CCOc1ccc(S(=O)(=O)Nc2cc(OC)c(OC)cc2C(=O)NCc2ccc(F)cc2)cc1. The van der Waals surface area contributed by atoms with Crippen molar-refractivity contribution in [2.24, 2.45) is 0 Å². The van der Waals surface area contributed by atoms with E-state index in [9.17, 15) is 17.6 Å². The zero-order chi connectivity index (χ0) is 24.7. The van der Waals surface area contributed by atoms with Gasteiger partial charge in [0.15, 0.2) is 11.5 Å². The fraction of sp³-hybridized carbons (Fsp3) is 0.208. The third-order valence-corrected chi connectivity index (χ3v) is 6.21. The second-order valence-corrected chi connectivity index (χ2v) is 8.75. The summed E-state index contributed by atoms with van der Waals surface area (Å²) in [6, 6.07) is 14.3. The standard InChI is InChI=1S/C24H25FN2O6S/c1-4-33-18-9-11-19(12-10-18)34(29,30)27-21-14-23(32-3)22(31-2)13-20(21)24(28)26-15-16-5-7-17(25)8-6-16/h5-14,27H,4,15H2,1-3H3,(H,26,28). The zero-order valence-electron chi connectivity index (χ0n) is 18.9. The normalized spacial score (nSPS) is 10.9. The molecule has 34 heavy (non-hydrogen) atoms. The molecule has 0 bridgehead atoms. The number of anilines is 1. The van der Waals surface area contributed by atoms with Crippen molar-refractivity contribution in [2.75, 3.05) is 25.5 Å². The molecule has 0 saturated carbocycles. The molecule has 0 fully saturated rings. The molecule has 3 rings (SSSR count). The fourth-order valence-corrected chi connectivity index (χ4v) is 4.19. The number of methoxy groups -OCH3 is 2. The third-order valence-electron chi connectivity index (χ3n) is 4.82. The van der Waals surface area contributed by atoms with E-state index in [1.54, 1.807) is 24.3 Å². The van der Waals surface area contributed by atoms with Crippen molar-refractivity contribution < 1.29 is 31.8 Å². The first-order valence-electron chi connectivity index (χ1n) is 10.3. The number of hydrogen-bond acceptors (Lipinski definition) is 6. The molecule has 2 N–H and O–H groups in total. The van der Waals surface area contributed by atoms with Gasteiger partial charge in [0.1, 0.15) is 11.6 Å². The molecular weight excluding hydrogens is 463 g/mol. The molecule has 0 unspecified atom stereocenters. The van der Waals surface area contributed by atoms with Crippen LogP contribution in [0.25, 0.3) is 0 Å². The summed E-state index contributed by atoms with van der Waals surface area (Å²) in [4.78, 5) is 13.0. The Morgan fingerprint density at radius 3 is 2.15 bits per heavy atom. The van der Waals surface area contributed by atoms with Gasteiger partial charge >= 0.3 is 0 Å². The van der Waals surface area contributed by atoms with Gasteiger partial charge in [0.2, 0.25) is 0 Å². The average Bonchev–Trinajstić information content (AvgIpc) is 2.83. The lowest BCUT2D eigenvalue weighted by molar-refractivity contribution is 0.0951. The Kier molecular flexibility index (Phi) is 7.95. The largest absolute Gasteiger partial charge is 0.494 e. The summed E-state index contributed by atoms with van der Waals surface area (Å²) in [6.07, 6.45) is 0. The number of nitrogens with one attached hydrogen (secondary N) is 2. The van der Waals surface area contributed by atoms with E-state index in [0.29, 0.717) is 17.9 Å². The topological polar surface area (TPSA) is 103 Å². The van der Waals surface area contributed by atoms with Crippen LogP contribution in [0.1, 0.15) is 22.8 Å². The Hall–Kier alpha value is -3.79. The number of halogens is 1. The van der Waals surface area contributed by atoms with Crippen LogP contribution in [0.2, 0.25) is 0 Å². The van der Waals surface area contributed by atoms with Crippen LogP contribution in [0.15, 0.2) is 65.6 Å². The van der Waals surface area contributed by atoms with Crippen LogP contribution < -0.4 is 24.2 Å². The maximum Gasteiger partial charge on any atom is 0.261 e. The Labute approximate surface area is 197 Å². The van der Waals surface area contributed by atoms with E-state index < -0.39 is 15.9 Å². The summed E-state index contributed by atoms with van der Waals surface area (Å²) in [5.41, 5.74) is 0.698. The molecule has 0 atom stereocenters. The lowest BCUT2D eigenvalue weighted by Gasteiger charge is -2.17. The molecule has 180 valence electrons. The quantitative estimate of drug-likeness (QED) is 0.448. The van der Waals surface area contributed by atoms with Crippen molar-refractivity contribution >= 4 is 21.6 Å². The summed E-state index contributed by atoms with van der Waals surface area (Å²) in [6.45, 7) is 2.39. The van der Waals surface area contributed by atoms with Gasteiger partial charge in [-0.2, -0.15) is 0 Å². The molecule has 0 spiro atoms. The maximum absolute atomic E-state index is 13.1. The molecule has 10 heteroatoms. The summed E-state index contributed by atoms with van der Waals surface area (Å²) < 4.78 is 57.5. The van der Waals surface area contributed by atoms with Crippen molar-refractivity contribution in [1.29, 1.82) is 0 Å². The van der Waals surface area contributed by atoms with Crippen molar-refractivity contribution in [3.8, 4) is 17.2 Å². The summed E-state index contributed by atoms with van der Waals surface area (Å²) in [7, 11) is -1.24. The van der Waals surface area contributed by atoms with Crippen LogP contribution in [-0.4, -0.2) is 35.2 Å². The summed E-state index contributed by atoms with van der Waals surface area (Å²) in [5, 5.41) is 2.70. The van der Waals surface area contributed by atoms with Gasteiger partial charge in [-0.3, -0.25) is 9.52 Å². The Bertz CT molecular complexity index is 1250. The number of hydrogen-bond donors (Lipinski definition) is 2. The highest BCUT2D eigenvalue weighted by Gasteiger charge is 2.22. The molecule has 0 aliphatic carbocycles. The predicted molar refractivity (Wildman–Crippen MR) is 126 cm³/mol. The van der Waals surface area contributed by atoms with E-state index in [-0.39, 0.29) is 40.0 Å². The minimum Gasteiger partial charge on any atom is -0.494 e. The van der Waals surface area contributed by atoms with E-state index in [1.165, 1.54) is 50.6 Å². The van der Waals surface area contributed by atoms with Crippen LogP contribution in [0.4, 0.5) is 10.1 Å². The summed E-state index contributed by atoms with van der Waals surface area (Å²) in [5.74, 6) is 0.0736. The molecule has 3 aromatic rings. The van der Waals surface area contributed by atoms with E-state index in [1.807, 2.05) is 6.92 Å². The minimum atomic E-state index is -4.04. The van der Waals surface area contributed by atoms with Crippen molar-refractivity contribution in [2.45, 2.75) is 18.4 Å². The molecule has 0 radical (unpaired) electrons. The van der Waals surface area contributed by atoms with Crippen molar-refractivity contribution in [3.05, 3.63) is 77.6 Å². The molecule has 8 nitrogen and oxygen atoms in total. The molecule has 0 aliphatic rings. The van der Waals surface area contributed by atoms with Gasteiger partial charge in [-0.1, -0.05) is 12.1 Å². The van der Waals surface area contributed by atoms with Gasteiger partial charge in [-0.25, -0.2) is 12.8 Å². The van der Waals surface area contributed by atoms with Crippen LogP contribution in [0.5, 0.6) is 17.2 Å². The fourth-order valence-electron chi connectivity index (χ4n) is 3.12. The second-order valence-electron chi connectivity index (χ2n) is 7.07. The van der Waals surface area contributed by atoms with Crippen LogP contribution >= 0.6 is 0 Å². The monoisotopic (exact) mass is 488 g/mol. The smallest absolute Gasteiger partial charge is 0.261 e. The lowest BCUT2D eigenvalue weighted by Crippen LogP contribution is -2.25. The third kappa shape index (κ3) is 5.96. The Balaban J connectivity index is 1.91. The van der Waals surface area contributed by atoms with E-state index in [2.05, 4.69) is 10.0 Å². The average molecular weight is 489 g/mol. The van der Waals surface area contributed by atoms with E-state index >= 15 is 0 Å². The first-order valence-corrected chi connectivity index (χ1v) is 11.8. The highest BCUT2D eigenvalue weighted by molar-refractivity contribution is 7.92. The number of carbonyl (C=O) groups is 1. The Morgan fingerprint density at radius 1 is 0.941 bits per heavy atom. The number of rotatable bonds is 10. The van der Waals surface area contributed by atoms with Crippen molar-refractivity contribution in [3.63, 3.8) is 0 Å². The van der Waals surface area contributed by atoms with Gasteiger partial charge < -0.3 is 19.5 Å². The molecule has 0 heterocycles. The molecule has 0 aliphatic heterocycles. The number of sulfonamides is 1. The molecule has 0 saturated heterocycles. The first kappa shape index (κ1) is 24.8. The van der Waals surface area contributed by atoms with Gasteiger partial charge in [0.25, 0.3) is 15.9 Å². The predicted octanol–water partition coefficient (Wildman–Crippen LogP) is 3.97.